The van der Waals surface area contributed by atoms with Gasteiger partial charge in [0, 0.05) is 23.8 Å². The van der Waals surface area contributed by atoms with Gasteiger partial charge in [0.1, 0.15) is 5.57 Å². The Morgan fingerprint density at radius 2 is 2.05 bits per heavy atom. The van der Waals surface area contributed by atoms with Crippen LogP contribution in [0.15, 0.2) is 48.5 Å². The number of aromatic nitrogens is 1. The molecule has 1 aromatic carbocycles. The monoisotopic (exact) mass is 314 g/mol. The maximum atomic E-state index is 12.8. The second-order valence-corrected chi connectivity index (χ2v) is 5.46. The van der Waals surface area contributed by atoms with E-state index in [4.69, 9.17) is 16.3 Å². The lowest BCUT2D eigenvalue weighted by atomic mass is 9.99. The number of ketones is 1. The molecule has 112 valence electrons. The van der Waals surface area contributed by atoms with Gasteiger partial charge in [0.05, 0.1) is 5.69 Å². The summed E-state index contributed by atoms with van der Waals surface area (Å²) in [6.45, 7) is 1.95. The highest BCUT2D eigenvalue weighted by molar-refractivity contribution is 6.32. The van der Waals surface area contributed by atoms with E-state index in [0.717, 1.165) is 5.56 Å². The quantitative estimate of drug-likeness (QED) is 0.944. The number of nitrogens with zero attached hydrogens (tertiary/aromatic N) is 1. The first-order valence-electron chi connectivity index (χ1n) is 6.92. The summed E-state index contributed by atoms with van der Waals surface area (Å²) in [5.41, 5.74) is 2.74. The number of benzene rings is 1. The molecule has 0 radical (unpaired) electrons. The van der Waals surface area contributed by atoms with Gasteiger partial charge in [-0.3, -0.25) is 9.78 Å². The fourth-order valence-corrected chi connectivity index (χ4v) is 2.70. The van der Waals surface area contributed by atoms with Gasteiger partial charge in [-0.2, -0.15) is 0 Å². The number of pyridine rings is 1. The number of ether oxygens (including phenoxy) is 1. The number of halogens is 1. The predicted octanol–water partition coefficient (Wildman–Crippen LogP) is 3.27. The van der Waals surface area contributed by atoms with Crippen molar-refractivity contribution in [3.8, 4) is 0 Å². The van der Waals surface area contributed by atoms with Crippen molar-refractivity contribution >= 4 is 23.0 Å². The maximum Gasteiger partial charge on any atom is 0.215 e. The number of nitrogens with one attached hydrogen (secondary N) is 1. The molecular weight excluding hydrogens is 300 g/mol. The molecule has 1 aliphatic rings. The van der Waals surface area contributed by atoms with Crippen LogP contribution < -0.4 is 5.32 Å². The van der Waals surface area contributed by atoms with Crippen LogP contribution in [0.1, 0.15) is 22.9 Å². The van der Waals surface area contributed by atoms with Crippen LogP contribution >= 0.6 is 11.6 Å². The Balaban J connectivity index is 2.04. The molecule has 4 nitrogen and oxygen atoms in total. The highest BCUT2D eigenvalue weighted by Crippen LogP contribution is 2.38. The zero-order chi connectivity index (χ0) is 15.7. The average molecular weight is 315 g/mol. The van der Waals surface area contributed by atoms with Crippen LogP contribution in [0.4, 0.5) is 0 Å². The molecule has 1 N–H and O–H groups in total. The van der Waals surface area contributed by atoms with Gasteiger partial charge in [-0.25, -0.2) is 0 Å². The van der Waals surface area contributed by atoms with Crippen LogP contribution in [0, 0.1) is 6.92 Å². The van der Waals surface area contributed by atoms with Crippen molar-refractivity contribution in [3.05, 3.63) is 70.3 Å². The Labute approximate surface area is 133 Å². The third kappa shape index (κ3) is 2.46. The van der Waals surface area contributed by atoms with Gasteiger partial charge >= 0.3 is 0 Å². The minimum atomic E-state index is -0.742. The minimum Gasteiger partial charge on any atom is -0.462 e. The van der Waals surface area contributed by atoms with Crippen LogP contribution in [-0.4, -0.2) is 17.8 Å². The standard InChI is InChI=1S/C17H15ClN2O2/c1-10-7-8-20-13(9-10)14-15(21)16(22-17(14)19-2)11-5-3-4-6-12(11)18/h3-9,16,19H,1-2H3. The van der Waals surface area contributed by atoms with Crippen molar-refractivity contribution in [1.29, 1.82) is 0 Å². The van der Waals surface area contributed by atoms with Crippen LogP contribution in [-0.2, 0) is 9.53 Å². The molecule has 1 aromatic heterocycles. The van der Waals surface area contributed by atoms with Crippen LogP contribution in [0.5, 0.6) is 0 Å². The molecule has 1 aliphatic heterocycles. The molecular formula is C17H15ClN2O2. The highest BCUT2D eigenvalue weighted by Gasteiger charge is 2.38. The zero-order valence-electron chi connectivity index (χ0n) is 12.3. The first kappa shape index (κ1) is 14.6. The first-order valence-corrected chi connectivity index (χ1v) is 7.30. The first-order chi connectivity index (χ1) is 10.6. The molecule has 3 rings (SSSR count). The summed E-state index contributed by atoms with van der Waals surface area (Å²) in [6, 6.07) is 10.9. The number of rotatable bonds is 3. The van der Waals surface area contributed by atoms with Gasteiger partial charge in [-0.05, 0) is 30.7 Å². The summed E-state index contributed by atoms with van der Waals surface area (Å²) >= 11 is 6.19. The van der Waals surface area contributed by atoms with E-state index in [1.54, 1.807) is 25.4 Å². The molecule has 1 unspecified atom stereocenters. The Bertz CT molecular complexity index is 771. The average Bonchev–Trinajstić information content (AvgIpc) is 2.84. The van der Waals surface area contributed by atoms with Crippen LogP contribution in [0.25, 0.3) is 5.57 Å². The summed E-state index contributed by atoms with van der Waals surface area (Å²) in [4.78, 5) is 17.1. The van der Waals surface area contributed by atoms with E-state index in [-0.39, 0.29) is 5.78 Å². The van der Waals surface area contributed by atoms with Crippen molar-refractivity contribution < 1.29 is 9.53 Å². The third-order valence-electron chi connectivity index (χ3n) is 3.53. The number of hydrogen-bond donors (Lipinski definition) is 1. The molecule has 22 heavy (non-hydrogen) atoms. The molecule has 0 amide bonds. The molecule has 0 fully saturated rings. The minimum absolute atomic E-state index is 0.143. The molecule has 0 bridgehead atoms. The van der Waals surface area contributed by atoms with Crippen molar-refractivity contribution in [2.24, 2.45) is 0 Å². The van der Waals surface area contributed by atoms with Gasteiger partial charge in [0.25, 0.3) is 0 Å². The Hall–Kier alpha value is -2.33. The predicted molar refractivity (Wildman–Crippen MR) is 85.2 cm³/mol. The van der Waals surface area contributed by atoms with Gasteiger partial charge < -0.3 is 10.1 Å². The smallest absolute Gasteiger partial charge is 0.215 e. The van der Waals surface area contributed by atoms with Gasteiger partial charge in [0.15, 0.2) is 6.10 Å². The molecule has 1 atom stereocenters. The number of hydrogen-bond acceptors (Lipinski definition) is 4. The Morgan fingerprint density at radius 3 is 2.73 bits per heavy atom. The van der Waals surface area contributed by atoms with E-state index in [2.05, 4.69) is 10.3 Å². The molecule has 0 saturated carbocycles. The SMILES string of the molecule is CNC1=C(c2cc(C)ccn2)C(=O)C(c2ccccc2Cl)O1. The van der Waals surface area contributed by atoms with Crippen molar-refractivity contribution in [1.82, 2.24) is 10.3 Å². The normalized spacial score (nSPS) is 17.6. The van der Waals surface area contributed by atoms with E-state index < -0.39 is 6.10 Å². The lowest BCUT2D eigenvalue weighted by Crippen LogP contribution is -2.11. The largest absolute Gasteiger partial charge is 0.462 e. The summed E-state index contributed by atoms with van der Waals surface area (Å²) in [7, 11) is 1.72. The highest BCUT2D eigenvalue weighted by atomic mass is 35.5. The lowest BCUT2D eigenvalue weighted by Gasteiger charge is -2.12. The number of carbonyl (C=O) groups excluding carboxylic acids is 1. The Kier molecular flexibility index (Phi) is 3.86. The number of carbonyl (C=O) groups is 1. The van der Waals surface area contributed by atoms with E-state index in [0.29, 0.717) is 27.7 Å². The van der Waals surface area contributed by atoms with Gasteiger partial charge in [-0.1, -0.05) is 29.8 Å². The number of Topliss-reactive ketones (excluding diaryl/α,β-unsaturated/α-hetero) is 1. The zero-order valence-corrected chi connectivity index (χ0v) is 13.0. The lowest BCUT2D eigenvalue weighted by molar-refractivity contribution is -0.120. The summed E-state index contributed by atoms with van der Waals surface area (Å²) in [6.07, 6.45) is 0.939. The van der Waals surface area contributed by atoms with Gasteiger partial charge in [0.2, 0.25) is 11.7 Å². The summed E-state index contributed by atoms with van der Waals surface area (Å²) in [5, 5.41) is 3.44. The molecule has 0 aliphatic carbocycles. The van der Waals surface area contributed by atoms with Crippen molar-refractivity contribution in [2.75, 3.05) is 7.05 Å². The van der Waals surface area contributed by atoms with E-state index >= 15 is 0 Å². The Morgan fingerprint density at radius 1 is 1.27 bits per heavy atom. The molecule has 5 heteroatoms. The molecule has 2 heterocycles. The number of aryl methyl sites for hydroxylation is 1. The van der Waals surface area contributed by atoms with Crippen molar-refractivity contribution in [2.45, 2.75) is 13.0 Å². The van der Waals surface area contributed by atoms with Crippen molar-refractivity contribution in [3.63, 3.8) is 0 Å². The third-order valence-corrected chi connectivity index (χ3v) is 3.88. The topological polar surface area (TPSA) is 51.2 Å². The fourth-order valence-electron chi connectivity index (χ4n) is 2.47. The fraction of sp³-hybridized carbons (Fsp3) is 0.176. The second-order valence-electron chi connectivity index (χ2n) is 5.06. The van der Waals surface area contributed by atoms with E-state index in [9.17, 15) is 4.79 Å². The molecule has 2 aromatic rings. The van der Waals surface area contributed by atoms with E-state index in [1.165, 1.54) is 0 Å². The van der Waals surface area contributed by atoms with E-state index in [1.807, 2.05) is 31.2 Å². The van der Waals surface area contributed by atoms with Crippen LogP contribution in [0.3, 0.4) is 0 Å². The summed E-state index contributed by atoms with van der Waals surface area (Å²) < 4.78 is 5.79. The maximum absolute atomic E-state index is 12.8. The second kappa shape index (κ2) is 5.81. The van der Waals surface area contributed by atoms with Gasteiger partial charge in [-0.15, -0.1) is 0 Å². The molecule has 0 saturated heterocycles. The molecule has 0 spiro atoms. The summed E-state index contributed by atoms with van der Waals surface area (Å²) in [5.74, 6) is 0.281. The van der Waals surface area contributed by atoms with Crippen LogP contribution in [0.2, 0.25) is 5.02 Å².